The first-order valence-electron chi connectivity index (χ1n) is 8.70. The van der Waals surface area contributed by atoms with Gasteiger partial charge in [-0.25, -0.2) is 0 Å². The first kappa shape index (κ1) is 18.2. The molecule has 0 aromatic rings. The quantitative estimate of drug-likeness (QED) is 0.369. The minimum atomic E-state index is 0.550. The van der Waals surface area contributed by atoms with Gasteiger partial charge in [0.1, 0.15) is 0 Å². The lowest BCUT2D eigenvalue weighted by atomic mass is 9.85. The second-order valence-electron chi connectivity index (χ2n) is 7.52. The number of nitrogens with zero attached hydrogens (tertiary/aromatic N) is 1. The summed E-state index contributed by atoms with van der Waals surface area (Å²) in [6.45, 7) is 20.3. The molecule has 1 saturated carbocycles. The summed E-state index contributed by atoms with van der Waals surface area (Å²) < 4.78 is 0. The Morgan fingerprint density at radius 2 is 1.86 bits per heavy atom. The molecule has 0 amide bonds. The summed E-state index contributed by atoms with van der Waals surface area (Å²) in [5.41, 5.74) is 3.90. The Bertz CT molecular complexity index is 414. The Kier molecular flexibility index (Phi) is 6.90. The van der Waals surface area contributed by atoms with Gasteiger partial charge in [0.15, 0.2) is 0 Å². The van der Waals surface area contributed by atoms with Crippen LogP contribution in [0.15, 0.2) is 28.4 Å². The van der Waals surface area contributed by atoms with Gasteiger partial charge in [-0.1, -0.05) is 48.1 Å². The zero-order chi connectivity index (χ0) is 16.2. The maximum absolute atomic E-state index is 4.74. The van der Waals surface area contributed by atoms with E-state index < -0.39 is 0 Å². The maximum Gasteiger partial charge on any atom is 0.0403 e. The summed E-state index contributed by atoms with van der Waals surface area (Å²) in [7, 11) is 0. The Balaban J connectivity index is 2.92. The molecule has 1 aliphatic carbocycles. The smallest absolute Gasteiger partial charge is 0.0403 e. The third-order valence-corrected chi connectivity index (χ3v) is 4.97. The van der Waals surface area contributed by atoms with Crippen LogP contribution in [0.5, 0.6) is 0 Å². The van der Waals surface area contributed by atoms with Crippen LogP contribution in [0.1, 0.15) is 67.7 Å². The molecule has 0 saturated heterocycles. The number of hydrogen-bond acceptors (Lipinski definition) is 1. The molecule has 1 aliphatic rings. The fourth-order valence-electron chi connectivity index (χ4n) is 2.92. The van der Waals surface area contributed by atoms with Crippen molar-refractivity contribution < 1.29 is 0 Å². The van der Waals surface area contributed by atoms with Gasteiger partial charge in [-0.15, -0.1) is 0 Å². The second-order valence-corrected chi connectivity index (χ2v) is 7.52. The van der Waals surface area contributed by atoms with Crippen molar-refractivity contribution in [1.82, 2.24) is 0 Å². The van der Waals surface area contributed by atoms with Crippen molar-refractivity contribution >= 4 is 6.21 Å². The fraction of sp³-hybridized carbons (Fsp3) is 0.750. The molecular weight excluding hydrogens is 254 g/mol. The van der Waals surface area contributed by atoms with E-state index in [1.165, 1.54) is 23.3 Å². The van der Waals surface area contributed by atoms with E-state index in [0.717, 1.165) is 24.7 Å². The van der Waals surface area contributed by atoms with Crippen LogP contribution in [-0.4, -0.2) is 6.21 Å². The highest BCUT2D eigenvalue weighted by atomic mass is 14.7. The van der Waals surface area contributed by atoms with E-state index in [1.54, 1.807) is 0 Å². The Morgan fingerprint density at radius 3 is 2.29 bits per heavy atom. The summed E-state index contributed by atoms with van der Waals surface area (Å²) in [6.07, 6.45) is 5.71. The average Bonchev–Trinajstić information content (AvgIpc) is 3.16. The molecule has 0 aromatic heterocycles. The lowest BCUT2D eigenvalue weighted by molar-refractivity contribution is 0.545. The van der Waals surface area contributed by atoms with Crippen LogP contribution in [0, 0.1) is 29.6 Å². The minimum absolute atomic E-state index is 0.550. The van der Waals surface area contributed by atoms with E-state index in [0.29, 0.717) is 17.8 Å². The highest BCUT2D eigenvalue weighted by Gasteiger charge is 2.38. The number of allylic oxidation sites excluding steroid dienone is 3. The van der Waals surface area contributed by atoms with Crippen molar-refractivity contribution in [3.05, 3.63) is 23.4 Å². The molecule has 0 aromatic carbocycles. The average molecular weight is 290 g/mol. The second kappa shape index (κ2) is 7.96. The van der Waals surface area contributed by atoms with Crippen molar-refractivity contribution in [3.8, 4) is 0 Å². The normalized spacial score (nSPS) is 25.9. The van der Waals surface area contributed by atoms with Gasteiger partial charge in [-0.2, -0.15) is 0 Å². The molecule has 21 heavy (non-hydrogen) atoms. The summed E-state index contributed by atoms with van der Waals surface area (Å²) in [4.78, 5) is 4.74. The van der Waals surface area contributed by atoms with Crippen molar-refractivity contribution in [3.63, 3.8) is 0 Å². The molecule has 0 radical (unpaired) electrons. The van der Waals surface area contributed by atoms with Gasteiger partial charge in [0.25, 0.3) is 0 Å². The van der Waals surface area contributed by atoms with Crippen LogP contribution in [0.4, 0.5) is 0 Å². The molecule has 1 nitrogen and oxygen atoms in total. The largest absolute Gasteiger partial charge is 0.265 e. The van der Waals surface area contributed by atoms with Gasteiger partial charge in [0.2, 0.25) is 0 Å². The SMILES string of the molecule is C=C(/C(CC(C)C)=C(/C)N=CC(C)CC)[C@@H](C)C1CC1C. The number of rotatable bonds is 8. The van der Waals surface area contributed by atoms with Crippen molar-refractivity contribution in [2.24, 2.45) is 34.6 Å². The molecule has 0 heterocycles. The van der Waals surface area contributed by atoms with E-state index >= 15 is 0 Å². The van der Waals surface area contributed by atoms with Gasteiger partial charge in [0.05, 0.1) is 0 Å². The fourth-order valence-corrected chi connectivity index (χ4v) is 2.92. The van der Waals surface area contributed by atoms with Crippen LogP contribution in [0.2, 0.25) is 0 Å². The maximum atomic E-state index is 4.74. The molecule has 4 atom stereocenters. The lowest BCUT2D eigenvalue weighted by Gasteiger charge is -2.21. The van der Waals surface area contributed by atoms with E-state index in [-0.39, 0.29) is 0 Å². The van der Waals surface area contributed by atoms with Crippen LogP contribution in [0.3, 0.4) is 0 Å². The highest BCUT2D eigenvalue weighted by Crippen LogP contribution is 2.48. The highest BCUT2D eigenvalue weighted by molar-refractivity contribution is 5.62. The van der Waals surface area contributed by atoms with Crippen LogP contribution < -0.4 is 0 Å². The Hall–Kier alpha value is -0.850. The Morgan fingerprint density at radius 1 is 1.29 bits per heavy atom. The van der Waals surface area contributed by atoms with Crippen molar-refractivity contribution in [2.45, 2.75) is 67.7 Å². The summed E-state index contributed by atoms with van der Waals surface area (Å²) in [6, 6.07) is 0. The van der Waals surface area contributed by atoms with Crippen LogP contribution in [-0.2, 0) is 0 Å². The summed E-state index contributed by atoms with van der Waals surface area (Å²) >= 11 is 0. The molecule has 0 aliphatic heterocycles. The third-order valence-electron chi connectivity index (χ3n) is 4.97. The molecule has 0 bridgehead atoms. The molecule has 1 rings (SSSR count). The van der Waals surface area contributed by atoms with Gasteiger partial charge >= 0.3 is 0 Å². The molecule has 1 fully saturated rings. The van der Waals surface area contributed by atoms with Gasteiger partial charge < -0.3 is 0 Å². The third kappa shape index (κ3) is 5.45. The monoisotopic (exact) mass is 289 g/mol. The molecule has 0 N–H and O–H groups in total. The van der Waals surface area contributed by atoms with Gasteiger partial charge in [0, 0.05) is 11.9 Å². The van der Waals surface area contributed by atoms with E-state index in [9.17, 15) is 0 Å². The standard InChI is InChI=1S/C20H35N/c1-9-14(4)12-21-18(8)20(10-13(2)3)17(7)16(6)19-11-15(19)5/h12-16,19H,7,9-11H2,1-6,8H3/b20-18-,21-12?/t14?,15?,16-,19?/m1/s1. The van der Waals surface area contributed by atoms with Crippen molar-refractivity contribution in [1.29, 1.82) is 0 Å². The zero-order valence-electron chi connectivity index (χ0n) is 15.2. The van der Waals surface area contributed by atoms with Gasteiger partial charge in [-0.3, -0.25) is 4.99 Å². The zero-order valence-corrected chi connectivity index (χ0v) is 15.2. The minimum Gasteiger partial charge on any atom is -0.265 e. The number of hydrogen-bond donors (Lipinski definition) is 0. The predicted molar refractivity (Wildman–Crippen MR) is 95.7 cm³/mol. The Labute approximate surface area is 132 Å². The lowest BCUT2D eigenvalue weighted by Crippen LogP contribution is -2.08. The first-order chi connectivity index (χ1) is 9.77. The molecular formula is C20H35N. The van der Waals surface area contributed by atoms with E-state index in [2.05, 4.69) is 61.3 Å². The summed E-state index contributed by atoms with van der Waals surface area (Å²) in [5.74, 6) is 3.51. The van der Waals surface area contributed by atoms with Gasteiger partial charge in [-0.05, 0) is 66.9 Å². The van der Waals surface area contributed by atoms with Crippen molar-refractivity contribution in [2.75, 3.05) is 0 Å². The first-order valence-corrected chi connectivity index (χ1v) is 8.70. The van der Waals surface area contributed by atoms with E-state index in [1.807, 2.05) is 0 Å². The van der Waals surface area contributed by atoms with Crippen LogP contribution in [0.25, 0.3) is 0 Å². The topological polar surface area (TPSA) is 12.4 Å². The number of aliphatic imine (C=N–C) groups is 1. The molecule has 1 heteroatoms. The molecule has 120 valence electrons. The molecule has 0 spiro atoms. The summed E-state index contributed by atoms with van der Waals surface area (Å²) in [5, 5.41) is 0. The molecule has 3 unspecified atom stereocenters. The predicted octanol–water partition coefficient (Wildman–Crippen LogP) is 6.27. The van der Waals surface area contributed by atoms with Crippen LogP contribution >= 0.6 is 0 Å². The van der Waals surface area contributed by atoms with E-state index in [4.69, 9.17) is 4.99 Å².